The van der Waals surface area contributed by atoms with E-state index in [1.807, 2.05) is 0 Å². The van der Waals surface area contributed by atoms with Crippen molar-refractivity contribution >= 4 is 27.9 Å². The molecule has 1 aliphatic rings. The van der Waals surface area contributed by atoms with Gasteiger partial charge in [-0.15, -0.1) is 10.2 Å². The molecule has 3 aromatic rings. The third-order valence-electron chi connectivity index (χ3n) is 5.64. The Morgan fingerprint density at radius 1 is 1.24 bits per heavy atom. The molecule has 2 N–H and O–H groups in total. The Kier molecular flexibility index (Phi) is 9.85. The minimum absolute atomic E-state index is 0.0777. The number of nitrogens with zero attached hydrogens (tertiary/aromatic N) is 4. The van der Waals surface area contributed by atoms with Crippen LogP contribution in [0.3, 0.4) is 0 Å². The first-order valence-corrected chi connectivity index (χ1v) is 13.4. The van der Waals surface area contributed by atoms with E-state index in [4.69, 9.17) is 32.6 Å². The zero-order chi connectivity index (χ0) is 31.4. The van der Waals surface area contributed by atoms with Crippen molar-refractivity contribution < 1.29 is 54.0 Å². The normalized spacial score (nSPS) is 16.1. The zero-order valence-electron chi connectivity index (χ0n) is 22.2. The maximum atomic E-state index is 14.9. The number of hydrogen-bond acceptors (Lipinski definition) is 12. The summed E-state index contributed by atoms with van der Waals surface area (Å²) < 4.78 is 89.6. The minimum atomic E-state index is -6.09. The summed E-state index contributed by atoms with van der Waals surface area (Å²) in [7, 11) is -6.09. The Hall–Kier alpha value is -4.16. The third-order valence-corrected chi connectivity index (χ3v) is 6.21. The lowest BCUT2D eigenvalue weighted by molar-refractivity contribution is -0.148. The van der Waals surface area contributed by atoms with Gasteiger partial charge in [-0.1, -0.05) is 19.9 Å². The fourth-order valence-corrected chi connectivity index (χ4v) is 3.35. The number of alkyl halides is 3. The van der Waals surface area contributed by atoms with Gasteiger partial charge in [0.25, 0.3) is 5.89 Å². The number of aromatic nitrogens is 3. The van der Waals surface area contributed by atoms with Gasteiger partial charge in [0, 0.05) is 24.2 Å². The Bertz CT molecular complexity index is 1530. The van der Waals surface area contributed by atoms with Crippen molar-refractivity contribution in [2.24, 2.45) is 11.7 Å². The summed E-state index contributed by atoms with van der Waals surface area (Å²) >= 11 is 0. The van der Waals surface area contributed by atoms with Crippen molar-refractivity contribution in [2.75, 3.05) is 18.1 Å². The molecule has 13 nitrogen and oxygen atoms in total. The van der Waals surface area contributed by atoms with Crippen LogP contribution < -0.4 is 10.6 Å². The Balaban J connectivity index is 0.000000531. The lowest BCUT2D eigenvalue weighted by Gasteiger charge is -2.16. The fraction of sp³-hybridized carbons (Fsp3) is 0.375. The van der Waals surface area contributed by atoms with E-state index in [0.717, 1.165) is 0 Å². The van der Waals surface area contributed by atoms with Gasteiger partial charge in [0.2, 0.25) is 5.89 Å². The monoisotopic (exact) mass is 618 g/mol. The number of benzene rings is 1. The molecule has 228 valence electrons. The molecule has 0 radical (unpaired) electrons. The summed E-state index contributed by atoms with van der Waals surface area (Å²) in [5.41, 5.74) is 1.76. The lowest BCUT2D eigenvalue weighted by Crippen LogP contribution is -2.38. The molecule has 1 fully saturated rings. The van der Waals surface area contributed by atoms with Crippen LogP contribution in [0.15, 0.2) is 40.9 Å². The van der Waals surface area contributed by atoms with Gasteiger partial charge in [0.15, 0.2) is 16.2 Å². The molecule has 2 aromatic heterocycles. The number of cyclic esters (lactones) is 1. The number of ether oxygens (including phenoxy) is 2. The average Bonchev–Trinajstić information content (AvgIpc) is 3.51. The average molecular weight is 619 g/mol. The molecule has 0 aliphatic carbocycles. The Labute approximate surface area is 236 Å². The molecular weight excluding hydrogens is 594 g/mol. The van der Waals surface area contributed by atoms with Gasteiger partial charge in [0.05, 0.1) is 12.2 Å². The molecule has 42 heavy (non-hydrogen) atoms. The van der Waals surface area contributed by atoms with Crippen LogP contribution in [0.1, 0.15) is 19.7 Å². The number of carbonyl (C=O) groups is 2. The topological polar surface area (TPSA) is 191 Å². The van der Waals surface area contributed by atoms with Gasteiger partial charge < -0.3 is 24.2 Å². The van der Waals surface area contributed by atoms with E-state index >= 15 is 0 Å². The molecule has 0 bridgehead atoms. The predicted molar refractivity (Wildman–Crippen MR) is 135 cm³/mol. The van der Waals surface area contributed by atoms with Gasteiger partial charge in [-0.25, -0.2) is 17.6 Å². The quantitative estimate of drug-likeness (QED) is 0.176. The summed E-state index contributed by atoms with van der Waals surface area (Å²) in [6.07, 6.45) is 0.175. The second-order valence-corrected chi connectivity index (χ2v) is 10.5. The molecule has 3 heterocycles. The van der Waals surface area contributed by atoms with E-state index in [-0.39, 0.29) is 25.0 Å². The number of esters is 1. The first-order valence-electron chi connectivity index (χ1n) is 12.0. The van der Waals surface area contributed by atoms with E-state index in [1.54, 1.807) is 45.0 Å². The minimum Gasteiger partial charge on any atom is -0.741 e. The van der Waals surface area contributed by atoms with Crippen LogP contribution >= 0.6 is 0 Å². The Morgan fingerprint density at radius 3 is 2.40 bits per heavy atom. The van der Waals surface area contributed by atoms with Crippen LogP contribution in [0.5, 0.6) is 0 Å². The molecule has 1 saturated heterocycles. The fourth-order valence-electron chi connectivity index (χ4n) is 3.35. The predicted octanol–water partition coefficient (Wildman–Crippen LogP) is 3.15. The number of carbonyl (C=O) groups excluding carboxylic acids is 2. The second-order valence-electron chi connectivity index (χ2n) is 9.14. The smallest absolute Gasteiger partial charge is 0.485 e. The van der Waals surface area contributed by atoms with Gasteiger partial charge in [-0.3, -0.25) is 14.7 Å². The number of halogens is 4. The largest absolute Gasteiger partial charge is 0.741 e. The highest BCUT2D eigenvalue weighted by Crippen LogP contribution is 2.30. The van der Waals surface area contributed by atoms with Crippen LogP contribution in [0.25, 0.3) is 22.7 Å². The summed E-state index contributed by atoms with van der Waals surface area (Å²) in [5.74, 6) is -0.479. The number of nitrogens with two attached hydrogens (primary N) is 1. The number of hydrogen-bond donors (Lipinski definition) is 1. The van der Waals surface area contributed by atoms with Crippen LogP contribution in [-0.4, -0.2) is 71.0 Å². The van der Waals surface area contributed by atoms with Crippen LogP contribution in [0.4, 0.5) is 28.0 Å². The molecule has 1 aliphatic heterocycles. The van der Waals surface area contributed by atoms with Gasteiger partial charge in [0.1, 0.15) is 24.2 Å². The van der Waals surface area contributed by atoms with Crippen molar-refractivity contribution in [3.8, 4) is 22.7 Å². The van der Waals surface area contributed by atoms with E-state index in [1.165, 1.54) is 17.2 Å². The molecule has 1 aromatic carbocycles. The first-order chi connectivity index (χ1) is 19.5. The van der Waals surface area contributed by atoms with E-state index in [0.29, 0.717) is 28.4 Å². The SMILES string of the molecule is Cc1nnc(-c2ccc(-c3ccc(N4C[C@H](COC(=O)[C@@H](N)C(C)C)OC4=O)cc3F)cn2)o1.O=S(=O)([O-])C(F)(F)F. The van der Waals surface area contributed by atoms with Gasteiger partial charge in [-0.2, -0.15) is 13.2 Å². The van der Waals surface area contributed by atoms with Gasteiger partial charge >= 0.3 is 17.6 Å². The van der Waals surface area contributed by atoms with Crippen LogP contribution in [-0.2, 0) is 24.4 Å². The molecule has 2 atom stereocenters. The van der Waals surface area contributed by atoms with Gasteiger partial charge in [-0.05, 0) is 30.2 Å². The van der Waals surface area contributed by atoms with Crippen molar-refractivity contribution in [2.45, 2.75) is 38.4 Å². The maximum Gasteiger partial charge on any atom is 0.485 e. The highest BCUT2D eigenvalue weighted by Gasteiger charge is 2.37. The second kappa shape index (κ2) is 12.8. The molecular formula is C24H24F4N5O8S-. The first kappa shape index (κ1) is 32.4. The zero-order valence-corrected chi connectivity index (χ0v) is 23.0. The highest BCUT2D eigenvalue weighted by molar-refractivity contribution is 7.86. The molecule has 1 amide bonds. The standard InChI is InChI=1S/C23H24FN5O5.CHF3O3S/c1-12(2)20(25)22(30)32-11-16-10-29(23(31)34-16)15-5-6-17(18(24)8-15)14-4-7-19(26-9-14)21-28-27-13(3)33-21;2-1(3,4)8(5,6)7/h4-9,12,16,20H,10-11,25H2,1-3H3;(H,5,6,7)/p-1/t16-,20+;/m1./s1. The van der Waals surface area contributed by atoms with Crippen molar-refractivity contribution in [1.82, 2.24) is 15.2 Å². The summed E-state index contributed by atoms with van der Waals surface area (Å²) in [6.45, 7) is 5.28. The number of pyridine rings is 1. The lowest BCUT2D eigenvalue weighted by atomic mass is 10.1. The molecule has 18 heteroatoms. The highest BCUT2D eigenvalue weighted by atomic mass is 32.2. The van der Waals surface area contributed by atoms with Crippen molar-refractivity contribution in [1.29, 1.82) is 0 Å². The molecule has 0 spiro atoms. The Morgan fingerprint density at radius 2 is 1.90 bits per heavy atom. The summed E-state index contributed by atoms with van der Waals surface area (Å²) in [4.78, 5) is 29.8. The summed E-state index contributed by atoms with van der Waals surface area (Å²) in [6, 6.07) is 7.00. The van der Waals surface area contributed by atoms with E-state index < -0.39 is 45.7 Å². The summed E-state index contributed by atoms with van der Waals surface area (Å²) in [5, 5.41) is 7.67. The van der Waals surface area contributed by atoms with E-state index in [2.05, 4.69) is 15.2 Å². The van der Waals surface area contributed by atoms with Crippen LogP contribution in [0.2, 0.25) is 0 Å². The van der Waals surface area contributed by atoms with Crippen molar-refractivity contribution in [3.63, 3.8) is 0 Å². The molecule has 0 saturated carbocycles. The third kappa shape index (κ3) is 7.98. The van der Waals surface area contributed by atoms with Crippen molar-refractivity contribution in [3.05, 3.63) is 48.2 Å². The number of anilines is 1. The number of rotatable bonds is 7. The maximum absolute atomic E-state index is 14.9. The number of aryl methyl sites for hydroxylation is 1. The van der Waals surface area contributed by atoms with Crippen LogP contribution in [0, 0.1) is 18.7 Å². The molecule has 4 rings (SSSR count). The number of amides is 1. The molecule has 0 unspecified atom stereocenters. The van der Waals surface area contributed by atoms with E-state index in [9.17, 15) is 27.2 Å².